The molecule has 0 amide bonds. The number of benzene rings is 1. The second-order valence-electron chi connectivity index (χ2n) is 3.66. The van der Waals surface area contributed by atoms with Crippen molar-refractivity contribution in [3.05, 3.63) is 27.7 Å². The van der Waals surface area contributed by atoms with Crippen LogP contribution < -0.4 is 0 Å². The van der Waals surface area contributed by atoms with Crippen LogP contribution in [0.2, 0.25) is 10.0 Å². The zero-order valence-electron chi connectivity index (χ0n) is 9.65. The molecule has 18 heavy (non-hydrogen) atoms. The van der Waals surface area contributed by atoms with Gasteiger partial charge in [0.25, 0.3) is 0 Å². The minimum atomic E-state index is -4.03. The minimum Gasteiger partial charge on any atom is -0.480 e. The van der Waals surface area contributed by atoms with Crippen LogP contribution in [0.3, 0.4) is 0 Å². The van der Waals surface area contributed by atoms with E-state index < -0.39 is 22.5 Å². The fourth-order valence-corrected chi connectivity index (χ4v) is 3.55. The van der Waals surface area contributed by atoms with Crippen LogP contribution in [0.25, 0.3) is 0 Å². The molecule has 5 nitrogen and oxygen atoms in total. The van der Waals surface area contributed by atoms with E-state index in [0.717, 1.165) is 7.05 Å². The largest absolute Gasteiger partial charge is 0.480 e. The molecule has 0 saturated heterocycles. The molecule has 1 aromatic rings. The molecule has 0 aliphatic carbocycles. The fraction of sp³-hybridized carbons (Fsp3) is 0.300. The third kappa shape index (κ3) is 2.95. The van der Waals surface area contributed by atoms with Crippen LogP contribution in [0, 0.1) is 6.92 Å². The van der Waals surface area contributed by atoms with E-state index in [0.29, 0.717) is 9.87 Å². The zero-order valence-corrected chi connectivity index (χ0v) is 12.0. The van der Waals surface area contributed by atoms with E-state index in [4.69, 9.17) is 28.3 Å². The predicted octanol–water partition coefficient (Wildman–Crippen LogP) is 2.01. The molecule has 1 N–H and O–H groups in total. The molecule has 0 spiro atoms. The first-order valence-corrected chi connectivity index (χ1v) is 7.00. The van der Waals surface area contributed by atoms with E-state index in [-0.39, 0.29) is 14.9 Å². The third-order valence-corrected chi connectivity index (χ3v) is 5.18. The lowest BCUT2D eigenvalue weighted by Gasteiger charge is -2.17. The second-order valence-corrected chi connectivity index (χ2v) is 6.43. The summed E-state index contributed by atoms with van der Waals surface area (Å²) in [7, 11) is -2.88. The van der Waals surface area contributed by atoms with Crippen LogP contribution in [0.4, 0.5) is 0 Å². The van der Waals surface area contributed by atoms with Crippen LogP contribution >= 0.6 is 23.2 Å². The van der Waals surface area contributed by atoms with Gasteiger partial charge in [0.1, 0.15) is 11.4 Å². The molecule has 0 fully saturated rings. The SMILES string of the molecule is Cc1ccc(Cl)c(S(=O)(=O)N(C)CC(=O)O)c1Cl. The average Bonchev–Trinajstić information content (AvgIpc) is 2.22. The Morgan fingerprint density at radius 2 is 1.94 bits per heavy atom. The van der Waals surface area contributed by atoms with Gasteiger partial charge in [0.2, 0.25) is 10.0 Å². The number of carbonyl (C=O) groups is 1. The number of hydrogen-bond acceptors (Lipinski definition) is 3. The highest BCUT2D eigenvalue weighted by molar-refractivity contribution is 7.89. The van der Waals surface area contributed by atoms with Crippen molar-refractivity contribution >= 4 is 39.2 Å². The lowest BCUT2D eigenvalue weighted by Crippen LogP contribution is -2.32. The predicted molar refractivity (Wildman–Crippen MR) is 68.7 cm³/mol. The number of aliphatic carboxylic acids is 1. The van der Waals surface area contributed by atoms with Gasteiger partial charge in [-0.1, -0.05) is 29.3 Å². The Kier molecular flexibility index (Phi) is 4.61. The van der Waals surface area contributed by atoms with Crippen molar-refractivity contribution < 1.29 is 18.3 Å². The Bertz CT molecular complexity index is 586. The monoisotopic (exact) mass is 311 g/mol. The Hall–Kier alpha value is -0.820. The molecule has 0 saturated carbocycles. The highest BCUT2D eigenvalue weighted by atomic mass is 35.5. The average molecular weight is 312 g/mol. The van der Waals surface area contributed by atoms with Gasteiger partial charge in [-0.15, -0.1) is 0 Å². The van der Waals surface area contributed by atoms with Crippen LogP contribution in [-0.4, -0.2) is 37.4 Å². The van der Waals surface area contributed by atoms with E-state index in [1.807, 2.05) is 0 Å². The van der Waals surface area contributed by atoms with E-state index in [2.05, 4.69) is 0 Å². The number of aryl methyl sites for hydroxylation is 1. The number of halogens is 2. The lowest BCUT2D eigenvalue weighted by molar-refractivity contribution is -0.137. The molecule has 8 heteroatoms. The summed E-state index contributed by atoms with van der Waals surface area (Å²) in [5, 5.41) is 8.58. The van der Waals surface area contributed by atoms with Gasteiger partial charge in [-0.3, -0.25) is 4.79 Å². The summed E-state index contributed by atoms with van der Waals surface area (Å²) in [6.07, 6.45) is 0. The summed E-state index contributed by atoms with van der Waals surface area (Å²) >= 11 is 11.8. The summed E-state index contributed by atoms with van der Waals surface area (Å²) < 4.78 is 25.0. The summed E-state index contributed by atoms with van der Waals surface area (Å²) in [6.45, 7) is 0.970. The highest BCUT2D eigenvalue weighted by Gasteiger charge is 2.28. The number of rotatable bonds is 4. The molecule has 0 unspecified atom stereocenters. The van der Waals surface area contributed by atoms with Crippen molar-refractivity contribution in [1.82, 2.24) is 4.31 Å². The van der Waals surface area contributed by atoms with Gasteiger partial charge >= 0.3 is 5.97 Å². The Morgan fingerprint density at radius 1 is 1.39 bits per heavy atom. The van der Waals surface area contributed by atoms with Crippen LogP contribution in [0.1, 0.15) is 5.56 Å². The van der Waals surface area contributed by atoms with Crippen molar-refractivity contribution in [3.8, 4) is 0 Å². The Labute approximate surface area is 115 Å². The molecule has 0 aliphatic rings. The first kappa shape index (κ1) is 15.2. The van der Waals surface area contributed by atoms with Crippen molar-refractivity contribution in [3.63, 3.8) is 0 Å². The first-order valence-electron chi connectivity index (χ1n) is 4.80. The quantitative estimate of drug-likeness (QED) is 0.923. The Morgan fingerprint density at radius 3 is 2.44 bits per heavy atom. The molecule has 100 valence electrons. The van der Waals surface area contributed by atoms with Crippen LogP contribution in [-0.2, 0) is 14.8 Å². The molecule has 0 heterocycles. The topological polar surface area (TPSA) is 74.7 Å². The van der Waals surface area contributed by atoms with Gasteiger partial charge in [-0.25, -0.2) is 8.42 Å². The van der Waals surface area contributed by atoms with Gasteiger partial charge in [0.15, 0.2) is 0 Å². The third-order valence-electron chi connectivity index (χ3n) is 2.27. The van der Waals surface area contributed by atoms with E-state index in [9.17, 15) is 13.2 Å². The molecule has 0 aromatic heterocycles. The van der Waals surface area contributed by atoms with Crippen LogP contribution in [0.5, 0.6) is 0 Å². The van der Waals surface area contributed by atoms with Gasteiger partial charge in [0, 0.05) is 7.05 Å². The minimum absolute atomic E-state index is 0.000242. The van der Waals surface area contributed by atoms with Gasteiger partial charge < -0.3 is 5.11 Å². The zero-order chi connectivity index (χ0) is 14.1. The maximum Gasteiger partial charge on any atom is 0.318 e. The maximum absolute atomic E-state index is 12.2. The molecule has 1 rings (SSSR count). The molecular formula is C10H11Cl2NO4S. The summed E-state index contributed by atoms with van der Waals surface area (Å²) in [5.41, 5.74) is 0.545. The highest BCUT2D eigenvalue weighted by Crippen LogP contribution is 2.33. The number of nitrogens with zero attached hydrogens (tertiary/aromatic N) is 1. The molecule has 0 bridgehead atoms. The van der Waals surface area contributed by atoms with Crippen molar-refractivity contribution in [1.29, 1.82) is 0 Å². The van der Waals surface area contributed by atoms with Crippen molar-refractivity contribution in [2.24, 2.45) is 0 Å². The summed E-state index contributed by atoms with van der Waals surface area (Å²) in [6, 6.07) is 2.99. The van der Waals surface area contributed by atoms with Gasteiger partial charge in [-0.05, 0) is 18.6 Å². The molecule has 1 aromatic carbocycles. The smallest absolute Gasteiger partial charge is 0.318 e. The van der Waals surface area contributed by atoms with Crippen molar-refractivity contribution in [2.75, 3.05) is 13.6 Å². The second kappa shape index (κ2) is 5.44. The first-order chi connectivity index (χ1) is 8.17. The van der Waals surface area contributed by atoms with Gasteiger partial charge in [-0.2, -0.15) is 4.31 Å². The normalized spacial score (nSPS) is 11.8. The summed E-state index contributed by atoms with van der Waals surface area (Å²) in [5.74, 6) is -1.26. The molecule has 0 radical (unpaired) electrons. The van der Waals surface area contributed by atoms with E-state index in [1.54, 1.807) is 13.0 Å². The van der Waals surface area contributed by atoms with E-state index >= 15 is 0 Å². The number of carboxylic acid groups (broad SMARTS) is 1. The molecular weight excluding hydrogens is 301 g/mol. The number of hydrogen-bond donors (Lipinski definition) is 1. The van der Waals surface area contributed by atoms with Crippen molar-refractivity contribution in [2.45, 2.75) is 11.8 Å². The number of carboxylic acids is 1. The van der Waals surface area contributed by atoms with Gasteiger partial charge in [0.05, 0.1) is 10.0 Å². The summed E-state index contributed by atoms with van der Waals surface area (Å²) in [4.78, 5) is 10.3. The number of likely N-dealkylation sites (N-methyl/N-ethyl adjacent to an activating group) is 1. The Balaban J connectivity index is 3.37. The lowest BCUT2D eigenvalue weighted by atomic mass is 10.2. The fourth-order valence-electron chi connectivity index (χ4n) is 1.30. The molecule has 0 atom stereocenters. The number of sulfonamides is 1. The van der Waals surface area contributed by atoms with E-state index in [1.165, 1.54) is 6.07 Å². The van der Waals surface area contributed by atoms with Crippen LogP contribution in [0.15, 0.2) is 17.0 Å². The maximum atomic E-state index is 12.2. The molecule has 0 aliphatic heterocycles. The standard InChI is InChI=1S/C10H11Cl2NO4S/c1-6-3-4-7(11)10(9(6)12)18(16,17)13(2)5-8(14)15/h3-4H,5H2,1-2H3,(H,14,15).